The third-order valence-electron chi connectivity index (χ3n) is 3.54. The number of hydrogen-bond acceptors (Lipinski definition) is 6. The Morgan fingerprint density at radius 3 is 2.61 bits per heavy atom. The molecule has 1 atom stereocenters. The molecule has 3 rings (SSSR count). The smallest absolute Gasteiger partial charge is 0.208 e. The van der Waals surface area contributed by atoms with Crippen LogP contribution in [0.3, 0.4) is 0 Å². The van der Waals surface area contributed by atoms with E-state index in [-0.39, 0.29) is 40.0 Å². The fraction of sp³-hybridized carbons (Fsp3) is 0.235. The number of ether oxygens (including phenoxy) is 1. The van der Waals surface area contributed by atoms with Crippen LogP contribution in [0.4, 0.5) is 0 Å². The van der Waals surface area contributed by atoms with E-state index < -0.39 is 11.5 Å². The van der Waals surface area contributed by atoms with Gasteiger partial charge in [0.2, 0.25) is 5.43 Å². The molecule has 6 heteroatoms. The van der Waals surface area contributed by atoms with Crippen LogP contribution in [0.2, 0.25) is 0 Å². The van der Waals surface area contributed by atoms with Gasteiger partial charge in [-0.15, -0.1) is 0 Å². The van der Waals surface area contributed by atoms with Crippen molar-refractivity contribution in [1.82, 2.24) is 0 Å². The van der Waals surface area contributed by atoms with Gasteiger partial charge in [-0.05, 0) is 19.1 Å². The van der Waals surface area contributed by atoms with Gasteiger partial charge in [0.15, 0.2) is 0 Å². The monoisotopic (exact) mass is 316 g/mol. The van der Waals surface area contributed by atoms with Crippen molar-refractivity contribution < 1.29 is 24.5 Å². The summed E-state index contributed by atoms with van der Waals surface area (Å²) in [4.78, 5) is 12.5. The van der Waals surface area contributed by atoms with Gasteiger partial charge in [-0.2, -0.15) is 0 Å². The summed E-state index contributed by atoms with van der Waals surface area (Å²) in [6.45, 7) is 1.92. The Bertz CT molecular complexity index is 926. The van der Waals surface area contributed by atoms with Crippen LogP contribution in [0.25, 0.3) is 21.9 Å². The normalized spacial score (nSPS) is 12.6. The standard InChI is InChI=1S/C17H16O6/c1-9(18)5-6-22-10-7-12(20)16-14(8-10)23-13-4-2-3-11(19)15(13)17(16)21/h2-4,7-9,18-20H,5-6H2,1H3/t9-/m0/s1. The molecule has 0 fully saturated rings. The van der Waals surface area contributed by atoms with Gasteiger partial charge in [-0.3, -0.25) is 4.79 Å². The van der Waals surface area contributed by atoms with E-state index in [0.717, 1.165) is 0 Å². The molecule has 0 saturated heterocycles. The summed E-state index contributed by atoms with van der Waals surface area (Å²) in [7, 11) is 0. The van der Waals surface area contributed by atoms with E-state index in [9.17, 15) is 20.1 Å². The number of fused-ring (bicyclic) bond motifs is 2. The molecule has 23 heavy (non-hydrogen) atoms. The summed E-state index contributed by atoms with van der Waals surface area (Å²) in [6, 6.07) is 7.33. The lowest BCUT2D eigenvalue weighted by atomic mass is 10.1. The zero-order valence-corrected chi connectivity index (χ0v) is 12.4. The number of hydrogen-bond donors (Lipinski definition) is 3. The van der Waals surface area contributed by atoms with Crippen LogP contribution in [0.5, 0.6) is 17.2 Å². The lowest BCUT2D eigenvalue weighted by Crippen LogP contribution is -2.08. The third-order valence-corrected chi connectivity index (χ3v) is 3.54. The maximum absolute atomic E-state index is 12.5. The summed E-state index contributed by atoms with van der Waals surface area (Å²) in [6.07, 6.45) is -0.0529. The highest BCUT2D eigenvalue weighted by Gasteiger charge is 2.15. The van der Waals surface area contributed by atoms with Crippen molar-refractivity contribution in [2.45, 2.75) is 19.4 Å². The maximum atomic E-state index is 12.5. The Morgan fingerprint density at radius 1 is 1.13 bits per heavy atom. The quantitative estimate of drug-likeness (QED) is 0.639. The molecule has 0 bridgehead atoms. The molecule has 0 unspecified atom stereocenters. The first-order valence-electron chi connectivity index (χ1n) is 7.19. The topological polar surface area (TPSA) is 100 Å². The summed E-state index contributed by atoms with van der Waals surface area (Å²) in [5, 5.41) is 29.2. The van der Waals surface area contributed by atoms with E-state index in [1.165, 1.54) is 18.2 Å². The Hall–Kier alpha value is -2.73. The minimum atomic E-state index is -0.507. The van der Waals surface area contributed by atoms with Crippen LogP contribution in [0.1, 0.15) is 13.3 Å². The number of phenolic OH excluding ortho intramolecular Hbond substituents is 2. The second-order valence-corrected chi connectivity index (χ2v) is 5.38. The Morgan fingerprint density at radius 2 is 1.87 bits per heavy atom. The van der Waals surface area contributed by atoms with Gasteiger partial charge in [0.05, 0.1) is 12.7 Å². The molecule has 120 valence electrons. The van der Waals surface area contributed by atoms with Crippen molar-refractivity contribution in [2.75, 3.05) is 6.61 Å². The van der Waals surface area contributed by atoms with Gasteiger partial charge >= 0.3 is 0 Å². The van der Waals surface area contributed by atoms with Gasteiger partial charge in [-0.1, -0.05) is 6.07 Å². The van der Waals surface area contributed by atoms with Crippen molar-refractivity contribution >= 4 is 21.9 Å². The predicted octanol–water partition coefficient (Wildman–Crippen LogP) is 2.51. The largest absolute Gasteiger partial charge is 0.507 e. The van der Waals surface area contributed by atoms with Gasteiger partial charge in [-0.25, -0.2) is 0 Å². The Labute approximate surface area is 131 Å². The molecule has 0 amide bonds. The summed E-state index contributed by atoms with van der Waals surface area (Å²) in [5.41, 5.74) is -0.115. The summed E-state index contributed by atoms with van der Waals surface area (Å²) >= 11 is 0. The van der Waals surface area contributed by atoms with Crippen LogP contribution in [-0.2, 0) is 0 Å². The minimum absolute atomic E-state index is 0.0122. The highest BCUT2D eigenvalue weighted by Crippen LogP contribution is 2.32. The Balaban J connectivity index is 2.14. The fourth-order valence-corrected chi connectivity index (χ4v) is 2.39. The molecule has 0 aliphatic carbocycles. The fourth-order valence-electron chi connectivity index (χ4n) is 2.39. The number of aromatic hydroxyl groups is 2. The molecule has 0 radical (unpaired) electrons. The molecule has 1 heterocycles. The lowest BCUT2D eigenvalue weighted by molar-refractivity contribution is 0.155. The zero-order chi connectivity index (χ0) is 16.6. The minimum Gasteiger partial charge on any atom is -0.507 e. The predicted molar refractivity (Wildman–Crippen MR) is 85.1 cm³/mol. The first-order chi connectivity index (χ1) is 11.0. The van der Waals surface area contributed by atoms with Crippen molar-refractivity contribution in [3.05, 3.63) is 40.6 Å². The molecule has 0 aliphatic rings. The van der Waals surface area contributed by atoms with Crippen molar-refractivity contribution in [1.29, 1.82) is 0 Å². The molecule has 0 spiro atoms. The number of aliphatic hydroxyl groups is 1. The molecule has 3 aromatic rings. The van der Waals surface area contributed by atoms with E-state index in [2.05, 4.69) is 0 Å². The van der Waals surface area contributed by atoms with Crippen LogP contribution in [0.15, 0.2) is 39.5 Å². The van der Waals surface area contributed by atoms with Crippen molar-refractivity contribution in [2.24, 2.45) is 0 Å². The molecular formula is C17H16O6. The SMILES string of the molecule is C[C@H](O)CCOc1cc(O)c2c(=O)c3c(O)cccc3oc2c1. The zero-order valence-electron chi connectivity index (χ0n) is 12.4. The number of aliphatic hydroxyl groups excluding tert-OH is 1. The molecule has 2 aromatic carbocycles. The Kier molecular flexibility index (Phi) is 3.83. The van der Waals surface area contributed by atoms with E-state index in [1.54, 1.807) is 19.1 Å². The van der Waals surface area contributed by atoms with E-state index in [0.29, 0.717) is 12.2 Å². The summed E-state index contributed by atoms with van der Waals surface area (Å²) < 4.78 is 11.1. The second-order valence-electron chi connectivity index (χ2n) is 5.38. The van der Waals surface area contributed by atoms with Crippen LogP contribution in [-0.4, -0.2) is 28.0 Å². The van der Waals surface area contributed by atoms with E-state index in [4.69, 9.17) is 9.15 Å². The lowest BCUT2D eigenvalue weighted by Gasteiger charge is -2.10. The highest BCUT2D eigenvalue weighted by molar-refractivity contribution is 5.96. The van der Waals surface area contributed by atoms with Crippen molar-refractivity contribution in [3.63, 3.8) is 0 Å². The highest BCUT2D eigenvalue weighted by atomic mass is 16.5. The maximum Gasteiger partial charge on any atom is 0.208 e. The number of rotatable bonds is 4. The first kappa shape index (κ1) is 15.2. The molecule has 0 aliphatic heterocycles. The molecule has 1 aromatic heterocycles. The van der Waals surface area contributed by atoms with Crippen molar-refractivity contribution in [3.8, 4) is 17.2 Å². The molecule has 3 N–H and O–H groups in total. The van der Waals surface area contributed by atoms with Gasteiger partial charge in [0, 0.05) is 18.6 Å². The molecular weight excluding hydrogens is 300 g/mol. The van der Waals surface area contributed by atoms with E-state index in [1.807, 2.05) is 0 Å². The van der Waals surface area contributed by atoms with Crippen LogP contribution < -0.4 is 10.2 Å². The summed E-state index contributed by atoms with van der Waals surface area (Å²) in [5.74, 6) is -0.151. The van der Waals surface area contributed by atoms with Crippen LogP contribution >= 0.6 is 0 Å². The van der Waals surface area contributed by atoms with Gasteiger partial charge < -0.3 is 24.5 Å². The van der Waals surface area contributed by atoms with Gasteiger partial charge in [0.25, 0.3) is 0 Å². The van der Waals surface area contributed by atoms with Crippen LogP contribution in [0, 0.1) is 0 Å². The molecule has 0 saturated carbocycles. The average molecular weight is 316 g/mol. The van der Waals surface area contributed by atoms with Gasteiger partial charge in [0.1, 0.15) is 39.2 Å². The first-order valence-corrected chi connectivity index (χ1v) is 7.19. The second kappa shape index (κ2) is 5.81. The van der Waals surface area contributed by atoms with E-state index >= 15 is 0 Å². The third kappa shape index (κ3) is 2.80. The number of phenols is 2. The average Bonchev–Trinajstić information content (AvgIpc) is 2.46. The number of benzene rings is 2. The molecule has 6 nitrogen and oxygen atoms in total.